The summed E-state index contributed by atoms with van der Waals surface area (Å²) in [4.78, 5) is 8.72. The van der Waals surface area contributed by atoms with E-state index in [-0.39, 0.29) is 0 Å². The van der Waals surface area contributed by atoms with E-state index in [1.54, 1.807) is 14.2 Å². The molecule has 0 fully saturated rings. The van der Waals surface area contributed by atoms with Crippen LogP contribution in [0.1, 0.15) is 5.69 Å². The normalized spacial score (nSPS) is 10.5. The molecule has 6 heteroatoms. The van der Waals surface area contributed by atoms with Gasteiger partial charge in [-0.25, -0.2) is 4.98 Å². The zero-order valence-corrected chi connectivity index (χ0v) is 12.5. The Balaban J connectivity index is 2.00. The molecule has 0 saturated heterocycles. The largest absolute Gasteiger partial charge is 0.497 e. The average molecular weight is 297 g/mol. The zero-order chi connectivity index (χ0) is 15.5. The summed E-state index contributed by atoms with van der Waals surface area (Å²) in [7, 11) is 3.18. The third-order valence-corrected chi connectivity index (χ3v) is 3.18. The Morgan fingerprint density at radius 1 is 1.00 bits per heavy atom. The first-order chi connectivity index (χ1) is 10.7. The van der Waals surface area contributed by atoms with Gasteiger partial charge < -0.3 is 14.0 Å². The molecule has 0 radical (unpaired) electrons. The topological polar surface area (TPSA) is 70.3 Å². The number of ether oxygens (including phenoxy) is 2. The van der Waals surface area contributed by atoms with Crippen molar-refractivity contribution in [3.05, 3.63) is 42.1 Å². The molecule has 0 aliphatic rings. The lowest BCUT2D eigenvalue weighted by Gasteiger charge is -2.04. The molecule has 0 bridgehead atoms. The lowest BCUT2D eigenvalue weighted by Crippen LogP contribution is -1.94. The van der Waals surface area contributed by atoms with Gasteiger partial charge in [0.05, 0.1) is 19.8 Å². The summed E-state index contributed by atoms with van der Waals surface area (Å²) in [5, 5.41) is 4.01. The van der Waals surface area contributed by atoms with Crippen LogP contribution in [-0.4, -0.2) is 29.3 Å². The summed E-state index contributed by atoms with van der Waals surface area (Å²) in [5.41, 5.74) is 2.33. The molecule has 3 rings (SSSR count). The molecule has 0 aliphatic heterocycles. The number of methoxy groups -OCH3 is 2. The highest BCUT2D eigenvalue weighted by atomic mass is 16.5. The molecular formula is C16H15N3O3. The van der Waals surface area contributed by atoms with Crippen molar-refractivity contribution in [1.29, 1.82) is 0 Å². The molecule has 3 aromatic rings. The number of nitrogens with zero attached hydrogens (tertiary/aromatic N) is 3. The molecule has 0 aliphatic carbocycles. The van der Waals surface area contributed by atoms with Crippen molar-refractivity contribution in [3.63, 3.8) is 0 Å². The summed E-state index contributed by atoms with van der Waals surface area (Å²) >= 11 is 0. The minimum atomic E-state index is 0.413. The summed E-state index contributed by atoms with van der Waals surface area (Å²) in [6, 6.07) is 11.2. The Morgan fingerprint density at radius 3 is 2.64 bits per heavy atom. The van der Waals surface area contributed by atoms with Crippen molar-refractivity contribution in [2.75, 3.05) is 14.2 Å². The van der Waals surface area contributed by atoms with Crippen molar-refractivity contribution in [2.45, 2.75) is 6.92 Å². The van der Waals surface area contributed by atoms with Gasteiger partial charge in [0.1, 0.15) is 5.75 Å². The molecule has 0 amide bonds. The second-order valence-electron chi connectivity index (χ2n) is 4.66. The molecule has 0 atom stereocenters. The Bertz CT molecular complexity index is 799. The molecule has 112 valence electrons. The lowest BCUT2D eigenvalue weighted by atomic mass is 10.2. The molecule has 2 aromatic heterocycles. The number of aromatic nitrogens is 3. The maximum Gasteiger partial charge on any atom is 0.258 e. The fraction of sp³-hybridized carbons (Fsp3) is 0.188. The van der Waals surface area contributed by atoms with Crippen LogP contribution in [0.15, 0.2) is 40.9 Å². The Hall–Kier alpha value is -2.89. The fourth-order valence-corrected chi connectivity index (χ4v) is 2.06. The predicted molar refractivity (Wildman–Crippen MR) is 80.8 cm³/mol. The molecule has 1 aromatic carbocycles. The summed E-state index contributed by atoms with van der Waals surface area (Å²) in [6.45, 7) is 1.89. The van der Waals surface area contributed by atoms with E-state index in [0.717, 1.165) is 17.0 Å². The van der Waals surface area contributed by atoms with E-state index < -0.39 is 0 Å². The van der Waals surface area contributed by atoms with Gasteiger partial charge in [-0.3, -0.25) is 0 Å². The van der Waals surface area contributed by atoms with E-state index in [9.17, 15) is 0 Å². The smallest absolute Gasteiger partial charge is 0.258 e. The molecule has 0 N–H and O–H groups in total. The van der Waals surface area contributed by atoms with Crippen molar-refractivity contribution < 1.29 is 14.0 Å². The van der Waals surface area contributed by atoms with Gasteiger partial charge in [0, 0.05) is 11.3 Å². The lowest BCUT2D eigenvalue weighted by molar-refractivity contribution is 0.397. The third-order valence-electron chi connectivity index (χ3n) is 3.18. The van der Waals surface area contributed by atoms with E-state index in [1.165, 1.54) is 0 Å². The average Bonchev–Trinajstić information content (AvgIpc) is 3.04. The van der Waals surface area contributed by atoms with E-state index in [4.69, 9.17) is 14.0 Å². The number of benzene rings is 1. The van der Waals surface area contributed by atoms with Crippen LogP contribution >= 0.6 is 0 Å². The third kappa shape index (κ3) is 2.63. The van der Waals surface area contributed by atoms with Crippen molar-refractivity contribution in [1.82, 2.24) is 15.1 Å². The second kappa shape index (κ2) is 5.85. The zero-order valence-electron chi connectivity index (χ0n) is 12.5. The van der Waals surface area contributed by atoms with E-state index >= 15 is 0 Å². The van der Waals surface area contributed by atoms with Crippen LogP contribution in [0, 0.1) is 6.92 Å². The van der Waals surface area contributed by atoms with Gasteiger partial charge in [0.25, 0.3) is 5.89 Å². The van der Waals surface area contributed by atoms with Crippen molar-refractivity contribution >= 4 is 0 Å². The van der Waals surface area contributed by atoms with Crippen LogP contribution in [0.5, 0.6) is 11.6 Å². The summed E-state index contributed by atoms with van der Waals surface area (Å²) < 4.78 is 15.8. The van der Waals surface area contributed by atoms with Gasteiger partial charge >= 0.3 is 0 Å². The first kappa shape index (κ1) is 14.1. The number of rotatable bonds is 4. The maximum absolute atomic E-state index is 5.33. The molecule has 2 heterocycles. The highest BCUT2D eigenvalue weighted by Gasteiger charge is 2.15. The molecule has 22 heavy (non-hydrogen) atoms. The van der Waals surface area contributed by atoms with Crippen LogP contribution in [0.3, 0.4) is 0 Å². The van der Waals surface area contributed by atoms with Crippen LogP contribution in [0.2, 0.25) is 0 Å². The number of hydrogen-bond donors (Lipinski definition) is 0. The number of pyridine rings is 1. The van der Waals surface area contributed by atoms with E-state index in [2.05, 4.69) is 15.1 Å². The summed E-state index contributed by atoms with van der Waals surface area (Å²) in [6.07, 6.45) is 0. The van der Waals surface area contributed by atoms with Gasteiger partial charge in [-0.2, -0.15) is 4.98 Å². The van der Waals surface area contributed by atoms with E-state index in [1.807, 2.05) is 43.3 Å². The van der Waals surface area contributed by atoms with Crippen LogP contribution in [-0.2, 0) is 0 Å². The first-order valence-electron chi connectivity index (χ1n) is 6.71. The summed E-state index contributed by atoms with van der Waals surface area (Å²) in [5.74, 6) is 2.04. The molecule has 0 unspecified atom stereocenters. The fourth-order valence-electron chi connectivity index (χ4n) is 2.06. The SMILES string of the molecule is COc1cccc(-c2nc(-c3ccc(C)nc3OC)no2)c1. The number of hydrogen-bond acceptors (Lipinski definition) is 6. The number of aryl methyl sites for hydroxylation is 1. The Kier molecular flexibility index (Phi) is 3.74. The molecule has 0 spiro atoms. The van der Waals surface area contributed by atoms with Gasteiger partial charge in [0.2, 0.25) is 11.7 Å². The maximum atomic E-state index is 5.33. The Labute approximate surface area is 127 Å². The first-order valence-corrected chi connectivity index (χ1v) is 6.71. The minimum absolute atomic E-state index is 0.413. The van der Waals surface area contributed by atoms with Crippen LogP contribution in [0.25, 0.3) is 22.8 Å². The molecular weight excluding hydrogens is 282 g/mol. The van der Waals surface area contributed by atoms with Gasteiger partial charge in [0.15, 0.2) is 0 Å². The van der Waals surface area contributed by atoms with Crippen LogP contribution < -0.4 is 9.47 Å². The highest BCUT2D eigenvalue weighted by molar-refractivity contribution is 5.64. The predicted octanol–water partition coefficient (Wildman–Crippen LogP) is 3.12. The van der Waals surface area contributed by atoms with Crippen molar-refractivity contribution in [2.24, 2.45) is 0 Å². The highest BCUT2D eigenvalue weighted by Crippen LogP contribution is 2.29. The second-order valence-corrected chi connectivity index (χ2v) is 4.66. The minimum Gasteiger partial charge on any atom is -0.497 e. The van der Waals surface area contributed by atoms with Gasteiger partial charge in [-0.05, 0) is 37.3 Å². The van der Waals surface area contributed by atoms with Crippen molar-refractivity contribution in [3.8, 4) is 34.5 Å². The standard InChI is InChI=1S/C16H15N3O3/c1-10-7-8-13(16(17-10)21-3)14-18-15(22-19-14)11-5-4-6-12(9-11)20-2/h4-9H,1-3H3. The molecule has 6 nitrogen and oxygen atoms in total. The van der Waals surface area contributed by atoms with Gasteiger partial charge in [-0.1, -0.05) is 11.2 Å². The van der Waals surface area contributed by atoms with Gasteiger partial charge in [-0.15, -0.1) is 0 Å². The quantitative estimate of drug-likeness (QED) is 0.737. The van der Waals surface area contributed by atoms with E-state index in [0.29, 0.717) is 23.2 Å². The van der Waals surface area contributed by atoms with Crippen LogP contribution in [0.4, 0.5) is 0 Å². The Morgan fingerprint density at radius 2 is 1.86 bits per heavy atom. The molecule has 0 saturated carbocycles. The monoisotopic (exact) mass is 297 g/mol.